The Hall–Kier alpha value is -3.06. The van der Waals surface area contributed by atoms with E-state index in [2.05, 4.69) is 86.6 Å². The minimum atomic E-state index is 0.739. The summed E-state index contributed by atoms with van der Waals surface area (Å²) < 4.78 is 0. The Morgan fingerprint density at radius 2 is 0.844 bits per heavy atom. The summed E-state index contributed by atoms with van der Waals surface area (Å²) in [6, 6.07) is 30.3. The highest BCUT2D eigenvalue weighted by Gasteiger charge is 2.17. The molecule has 0 saturated carbocycles. The van der Waals surface area contributed by atoms with Gasteiger partial charge in [-0.05, 0) is 104 Å². The van der Waals surface area contributed by atoms with Crippen LogP contribution in [0.4, 0.5) is 0 Å². The van der Waals surface area contributed by atoms with Gasteiger partial charge in [-0.15, -0.1) is 0 Å². The Morgan fingerprint density at radius 3 is 1.28 bits per heavy atom. The van der Waals surface area contributed by atoms with Crippen LogP contribution in [0.3, 0.4) is 0 Å². The average molecular weight is 451 g/mol. The molecule has 0 fully saturated rings. The van der Waals surface area contributed by atoms with E-state index < -0.39 is 0 Å². The Bertz CT molecular complexity index is 1580. The molecule has 0 aliphatic rings. The molecule has 154 valence electrons. The Labute approximate surface area is 197 Å². The van der Waals surface area contributed by atoms with E-state index in [1.54, 1.807) is 0 Å². The highest BCUT2D eigenvalue weighted by atomic mass is 35.5. The van der Waals surface area contributed by atoms with Gasteiger partial charge in [0.2, 0.25) is 0 Å². The molecule has 0 amide bonds. The fraction of sp³-hybridized carbons (Fsp3) is 0.0667. The summed E-state index contributed by atoms with van der Waals surface area (Å²) in [5.74, 6) is 0. The SMILES string of the molecule is Cc1ccc2c(-c3c4ccc(C)cc4cc4ccc(Cl)cc34)c3cc(Cl)ccc3cc2c1. The van der Waals surface area contributed by atoms with Crippen LogP contribution in [-0.4, -0.2) is 0 Å². The van der Waals surface area contributed by atoms with E-state index in [0.717, 1.165) is 20.8 Å². The van der Waals surface area contributed by atoms with Crippen molar-refractivity contribution < 1.29 is 0 Å². The first-order valence-electron chi connectivity index (χ1n) is 10.7. The van der Waals surface area contributed by atoms with E-state index in [-0.39, 0.29) is 0 Å². The van der Waals surface area contributed by atoms with Gasteiger partial charge in [-0.25, -0.2) is 0 Å². The lowest BCUT2D eigenvalue weighted by atomic mass is 9.85. The second-order valence-electron chi connectivity index (χ2n) is 8.68. The highest BCUT2D eigenvalue weighted by molar-refractivity contribution is 6.33. The van der Waals surface area contributed by atoms with Gasteiger partial charge in [0.15, 0.2) is 0 Å². The molecule has 0 aliphatic carbocycles. The zero-order valence-electron chi connectivity index (χ0n) is 17.8. The molecule has 6 aromatic rings. The van der Waals surface area contributed by atoms with Gasteiger partial charge in [0.25, 0.3) is 0 Å². The summed E-state index contributed by atoms with van der Waals surface area (Å²) in [6.45, 7) is 4.28. The second-order valence-corrected chi connectivity index (χ2v) is 9.56. The molecule has 6 aromatic carbocycles. The van der Waals surface area contributed by atoms with Crippen molar-refractivity contribution >= 4 is 66.3 Å². The third kappa shape index (κ3) is 3.06. The summed E-state index contributed by atoms with van der Waals surface area (Å²) in [7, 11) is 0. The van der Waals surface area contributed by atoms with E-state index >= 15 is 0 Å². The van der Waals surface area contributed by atoms with E-state index in [1.165, 1.54) is 54.6 Å². The summed E-state index contributed by atoms with van der Waals surface area (Å²) in [6.07, 6.45) is 0. The zero-order valence-corrected chi connectivity index (χ0v) is 19.4. The molecular formula is C30H20Cl2. The number of hydrogen-bond acceptors (Lipinski definition) is 0. The van der Waals surface area contributed by atoms with Crippen molar-refractivity contribution in [3.8, 4) is 11.1 Å². The largest absolute Gasteiger partial charge is 0.0843 e. The van der Waals surface area contributed by atoms with Crippen molar-refractivity contribution in [1.29, 1.82) is 0 Å². The first-order chi connectivity index (χ1) is 15.5. The second kappa shape index (κ2) is 7.24. The molecule has 0 spiro atoms. The van der Waals surface area contributed by atoms with Crippen molar-refractivity contribution in [3.63, 3.8) is 0 Å². The lowest BCUT2D eigenvalue weighted by Crippen LogP contribution is -1.91. The average Bonchev–Trinajstić information content (AvgIpc) is 2.76. The Balaban J connectivity index is 1.93. The van der Waals surface area contributed by atoms with E-state index in [0.29, 0.717) is 0 Å². The first-order valence-corrected chi connectivity index (χ1v) is 11.5. The van der Waals surface area contributed by atoms with Crippen LogP contribution in [-0.2, 0) is 0 Å². The molecule has 32 heavy (non-hydrogen) atoms. The van der Waals surface area contributed by atoms with Gasteiger partial charge >= 0.3 is 0 Å². The van der Waals surface area contributed by atoms with Gasteiger partial charge in [-0.1, -0.05) is 82.9 Å². The molecule has 0 radical (unpaired) electrons. The number of benzene rings is 6. The lowest BCUT2D eigenvalue weighted by molar-refractivity contribution is 1.50. The maximum Gasteiger partial charge on any atom is 0.0412 e. The lowest BCUT2D eigenvalue weighted by Gasteiger charge is -2.18. The summed E-state index contributed by atoms with van der Waals surface area (Å²) in [5.41, 5.74) is 4.92. The third-order valence-electron chi connectivity index (χ3n) is 6.39. The monoisotopic (exact) mass is 450 g/mol. The quantitative estimate of drug-likeness (QED) is 0.218. The van der Waals surface area contributed by atoms with E-state index in [4.69, 9.17) is 23.2 Å². The topological polar surface area (TPSA) is 0 Å². The fourth-order valence-electron chi connectivity index (χ4n) is 4.96. The molecule has 0 atom stereocenters. The van der Waals surface area contributed by atoms with Gasteiger partial charge in [-0.3, -0.25) is 0 Å². The van der Waals surface area contributed by atoms with Gasteiger partial charge < -0.3 is 0 Å². The van der Waals surface area contributed by atoms with Gasteiger partial charge in [0.1, 0.15) is 0 Å². The highest BCUT2D eigenvalue weighted by Crippen LogP contribution is 2.45. The maximum absolute atomic E-state index is 6.52. The first kappa shape index (κ1) is 19.6. The van der Waals surface area contributed by atoms with Gasteiger partial charge in [-0.2, -0.15) is 0 Å². The molecular weight excluding hydrogens is 431 g/mol. The molecule has 0 bridgehead atoms. The van der Waals surface area contributed by atoms with Crippen molar-refractivity contribution in [1.82, 2.24) is 0 Å². The van der Waals surface area contributed by atoms with Crippen molar-refractivity contribution in [2.45, 2.75) is 13.8 Å². The van der Waals surface area contributed by atoms with Crippen LogP contribution in [0.25, 0.3) is 54.2 Å². The number of fused-ring (bicyclic) bond motifs is 4. The van der Waals surface area contributed by atoms with Crippen molar-refractivity contribution in [2.24, 2.45) is 0 Å². The number of rotatable bonds is 1. The third-order valence-corrected chi connectivity index (χ3v) is 6.86. The van der Waals surface area contributed by atoms with Crippen molar-refractivity contribution in [3.05, 3.63) is 106 Å². The van der Waals surface area contributed by atoms with Crippen LogP contribution in [0, 0.1) is 13.8 Å². The molecule has 0 N–H and O–H groups in total. The molecule has 6 rings (SSSR count). The smallest absolute Gasteiger partial charge is 0.0412 e. The zero-order chi connectivity index (χ0) is 22.0. The number of hydrogen-bond donors (Lipinski definition) is 0. The number of aryl methyl sites for hydroxylation is 2. The molecule has 0 aromatic heterocycles. The van der Waals surface area contributed by atoms with Crippen LogP contribution in [0.15, 0.2) is 84.9 Å². The standard InChI is InChI=1S/C30H20Cl2/c1-17-3-9-25-21(11-17)13-19-5-7-23(31)15-27(19)29(25)30-26-10-4-18(2)12-22(26)14-20-6-8-24(32)16-28(20)30/h3-16H,1-2H3. The predicted octanol–water partition coefficient (Wildman–Crippen LogP) is 9.89. The Morgan fingerprint density at radius 1 is 0.406 bits per heavy atom. The van der Waals surface area contributed by atoms with Crippen LogP contribution in [0.1, 0.15) is 11.1 Å². The number of halogens is 2. The fourth-order valence-corrected chi connectivity index (χ4v) is 5.31. The minimum absolute atomic E-state index is 0.739. The van der Waals surface area contributed by atoms with E-state index in [1.807, 2.05) is 12.1 Å². The van der Waals surface area contributed by atoms with Gasteiger partial charge in [0, 0.05) is 10.0 Å². The van der Waals surface area contributed by atoms with E-state index in [9.17, 15) is 0 Å². The maximum atomic E-state index is 6.52. The molecule has 2 heteroatoms. The van der Waals surface area contributed by atoms with Crippen LogP contribution in [0.5, 0.6) is 0 Å². The summed E-state index contributed by atoms with van der Waals surface area (Å²) >= 11 is 13.0. The van der Waals surface area contributed by atoms with Crippen LogP contribution >= 0.6 is 23.2 Å². The van der Waals surface area contributed by atoms with Gasteiger partial charge in [0.05, 0.1) is 0 Å². The van der Waals surface area contributed by atoms with Crippen molar-refractivity contribution in [2.75, 3.05) is 0 Å². The molecule has 0 nitrogen and oxygen atoms in total. The Kier molecular flexibility index (Phi) is 4.43. The molecule has 0 saturated heterocycles. The minimum Gasteiger partial charge on any atom is -0.0843 e. The molecule has 0 heterocycles. The predicted molar refractivity (Wildman–Crippen MR) is 141 cm³/mol. The molecule has 0 aliphatic heterocycles. The summed E-state index contributed by atoms with van der Waals surface area (Å²) in [4.78, 5) is 0. The molecule has 0 unspecified atom stereocenters. The summed E-state index contributed by atoms with van der Waals surface area (Å²) in [5, 5.41) is 11.1. The normalized spacial score (nSPS) is 11.8. The van der Waals surface area contributed by atoms with Crippen LogP contribution < -0.4 is 0 Å². The van der Waals surface area contributed by atoms with Crippen LogP contribution in [0.2, 0.25) is 10.0 Å².